The van der Waals surface area contributed by atoms with E-state index in [2.05, 4.69) is 4.99 Å². The van der Waals surface area contributed by atoms with Gasteiger partial charge in [-0.15, -0.1) is 0 Å². The predicted octanol–water partition coefficient (Wildman–Crippen LogP) is 5.05. The fraction of sp³-hybridized carbons (Fsp3) is 0.0417. The van der Waals surface area contributed by atoms with Gasteiger partial charge in [0.25, 0.3) is 0 Å². The van der Waals surface area contributed by atoms with Crippen molar-refractivity contribution in [1.82, 2.24) is 0 Å². The number of ether oxygens (including phenoxy) is 3. The van der Waals surface area contributed by atoms with Gasteiger partial charge in [-0.1, -0.05) is 29.8 Å². The van der Waals surface area contributed by atoms with E-state index in [0.717, 1.165) is 12.1 Å². The van der Waals surface area contributed by atoms with Crippen LogP contribution in [-0.2, 0) is 9.53 Å². The number of benzene rings is 3. The first-order valence-corrected chi connectivity index (χ1v) is 9.75. The number of carbonyl (C=O) groups is 2. The van der Waals surface area contributed by atoms with E-state index in [1.165, 1.54) is 37.5 Å². The van der Waals surface area contributed by atoms with E-state index in [4.69, 9.17) is 25.8 Å². The molecule has 0 radical (unpaired) electrons. The smallest absolute Gasteiger partial charge is 0.363 e. The lowest BCUT2D eigenvalue weighted by Gasteiger charge is -2.12. The van der Waals surface area contributed by atoms with Crippen molar-refractivity contribution in [2.24, 2.45) is 4.99 Å². The standard InChI is InChI=1S/C24H15ClFNO5/c1-30-20-13-14(12-19-24(29)32-22(27-19)15-5-3-2-4-6-15)11-18(25)21(20)31-23(28)16-7-9-17(26)10-8-16/h2-13H,1H3/b19-12+. The van der Waals surface area contributed by atoms with Crippen LogP contribution in [0, 0.1) is 5.82 Å². The summed E-state index contributed by atoms with van der Waals surface area (Å²) in [5.74, 6) is -1.45. The van der Waals surface area contributed by atoms with E-state index >= 15 is 0 Å². The Labute approximate surface area is 187 Å². The van der Waals surface area contributed by atoms with E-state index in [9.17, 15) is 14.0 Å². The fourth-order valence-electron chi connectivity index (χ4n) is 2.93. The van der Waals surface area contributed by atoms with Crippen molar-refractivity contribution in [2.45, 2.75) is 0 Å². The van der Waals surface area contributed by atoms with Crippen LogP contribution in [0.1, 0.15) is 21.5 Å². The molecule has 3 aromatic carbocycles. The van der Waals surface area contributed by atoms with Gasteiger partial charge in [-0.25, -0.2) is 19.0 Å². The Morgan fingerprint density at radius 1 is 1.09 bits per heavy atom. The van der Waals surface area contributed by atoms with Crippen LogP contribution in [0.15, 0.2) is 77.4 Å². The van der Waals surface area contributed by atoms with Gasteiger partial charge in [0.05, 0.1) is 17.7 Å². The molecule has 160 valence electrons. The largest absolute Gasteiger partial charge is 0.493 e. The lowest BCUT2D eigenvalue weighted by atomic mass is 10.1. The monoisotopic (exact) mass is 451 g/mol. The molecule has 0 saturated carbocycles. The maximum absolute atomic E-state index is 13.1. The van der Waals surface area contributed by atoms with Gasteiger partial charge in [-0.2, -0.15) is 0 Å². The molecule has 4 rings (SSSR count). The highest BCUT2D eigenvalue weighted by atomic mass is 35.5. The summed E-state index contributed by atoms with van der Waals surface area (Å²) in [6.45, 7) is 0. The summed E-state index contributed by atoms with van der Waals surface area (Å²) < 4.78 is 29.0. The quantitative estimate of drug-likeness (QED) is 0.308. The molecule has 0 fully saturated rings. The summed E-state index contributed by atoms with van der Waals surface area (Å²) in [5.41, 5.74) is 1.38. The minimum Gasteiger partial charge on any atom is -0.493 e. The molecule has 6 nitrogen and oxygen atoms in total. The number of cyclic esters (lactones) is 1. The Morgan fingerprint density at radius 2 is 1.81 bits per heavy atom. The van der Waals surface area contributed by atoms with Gasteiger partial charge >= 0.3 is 11.9 Å². The minimum absolute atomic E-state index is 0.00637. The predicted molar refractivity (Wildman–Crippen MR) is 116 cm³/mol. The highest BCUT2D eigenvalue weighted by Crippen LogP contribution is 2.38. The number of aliphatic imine (C=N–C) groups is 1. The van der Waals surface area contributed by atoms with E-state index in [1.807, 2.05) is 18.2 Å². The summed E-state index contributed by atoms with van der Waals surface area (Å²) in [6, 6.07) is 16.9. The van der Waals surface area contributed by atoms with Crippen LogP contribution in [0.3, 0.4) is 0 Å². The zero-order chi connectivity index (χ0) is 22.7. The van der Waals surface area contributed by atoms with Crippen molar-refractivity contribution in [2.75, 3.05) is 7.11 Å². The molecule has 1 aliphatic rings. The molecule has 1 aliphatic heterocycles. The van der Waals surface area contributed by atoms with E-state index in [0.29, 0.717) is 11.1 Å². The molecule has 3 aromatic rings. The summed E-state index contributed by atoms with van der Waals surface area (Å²) in [7, 11) is 1.38. The topological polar surface area (TPSA) is 74.2 Å². The normalized spacial score (nSPS) is 14.2. The van der Waals surface area contributed by atoms with Gasteiger partial charge in [-0.05, 0) is 60.2 Å². The maximum Gasteiger partial charge on any atom is 0.363 e. The van der Waals surface area contributed by atoms with Crippen molar-refractivity contribution < 1.29 is 28.2 Å². The highest BCUT2D eigenvalue weighted by Gasteiger charge is 2.24. The van der Waals surface area contributed by atoms with E-state index in [1.54, 1.807) is 12.1 Å². The maximum atomic E-state index is 13.1. The third-order valence-corrected chi connectivity index (χ3v) is 4.75. The van der Waals surface area contributed by atoms with Crippen molar-refractivity contribution in [3.8, 4) is 11.5 Å². The first kappa shape index (κ1) is 21.3. The molecule has 1 heterocycles. The Kier molecular flexibility index (Phi) is 6.00. The van der Waals surface area contributed by atoms with Gasteiger partial charge < -0.3 is 14.2 Å². The van der Waals surface area contributed by atoms with Crippen LogP contribution >= 0.6 is 11.6 Å². The van der Waals surface area contributed by atoms with Crippen molar-refractivity contribution in [3.05, 3.63) is 100.0 Å². The number of nitrogens with zero attached hydrogens (tertiary/aromatic N) is 1. The average Bonchev–Trinajstić information content (AvgIpc) is 3.16. The summed E-state index contributed by atoms with van der Waals surface area (Å²) in [6.07, 6.45) is 1.48. The molecule has 0 saturated heterocycles. The zero-order valence-corrected chi connectivity index (χ0v) is 17.4. The van der Waals surface area contributed by atoms with Gasteiger partial charge in [-0.3, -0.25) is 0 Å². The number of carbonyl (C=O) groups excluding carboxylic acids is 2. The van der Waals surface area contributed by atoms with Crippen molar-refractivity contribution >= 4 is 35.5 Å². The van der Waals surface area contributed by atoms with Crippen LogP contribution in [0.4, 0.5) is 4.39 Å². The van der Waals surface area contributed by atoms with Crippen LogP contribution in [0.2, 0.25) is 5.02 Å². The average molecular weight is 452 g/mol. The molecule has 0 unspecified atom stereocenters. The highest BCUT2D eigenvalue weighted by molar-refractivity contribution is 6.32. The minimum atomic E-state index is -0.729. The molecule has 0 aliphatic carbocycles. The van der Waals surface area contributed by atoms with Gasteiger partial charge in [0.2, 0.25) is 5.90 Å². The Balaban J connectivity index is 1.62. The van der Waals surface area contributed by atoms with Gasteiger partial charge in [0.1, 0.15) is 5.82 Å². The molecule has 0 spiro atoms. The summed E-state index contributed by atoms with van der Waals surface area (Å²) >= 11 is 6.32. The third-order valence-electron chi connectivity index (χ3n) is 4.47. The lowest BCUT2D eigenvalue weighted by molar-refractivity contribution is -0.129. The van der Waals surface area contributed by atoms with E-state index in [-0.39, 0.29) is 33.7 Å². The molecule has 0 N–H and O–H groups in total. The lowest BCUT2D eigenvalue weighted by Crippen LogP contribution is -2.09. The summed E-state index contributed by atoms with van der Waals surface area (Å²) in [5, 5.41) is 0.0743. The van der Waals surface area contributed by atoms with Crippen LogP contribution in [-0.4, -0.2) is 24.9 Å². The molecular formula is C24H15ClFNO5. The molecule has 0 bridgehead atoms. The van der Waals surface area contributed by atoms with Crippen LogP contribution in [0.25, 0.3) is 6.08 Å². The zero-order valence-electron chi connectivity index (χ0n) is 16.7. The Hall–Kier alpha value is -3.97. The fourth-order valence-corrected chi connectivity index (χ4v) is 3.19. The molecule has 32 heavy (non-hydrogen) atoms. The molecule has 0 amide bonds. The SMILES string of the molecule is COc1cc(/C=C2/N=C(c3ccccc3)OC2=O)cc(Cl)c1OC(=O)c1ccc(F)cc1. The van der Waals surface area contributed by atoms with Crippen LogP contribution < -0.4 is 9.47 Å². The second-order valence-electron chi connectivity index (χ2n) is 6.63. The molecule has 0 atom stereocenters. The van der Waals surface area contributed by atoms with Crippen molar-refractivity contribution in [3.63, 3.8) is 0 Å². The second kappa shape index (κ2) is 9.03. The number of methoxy groups -OCH3 is 1. The Morgan fingerprint density at radius 3 is 2.50 bits per heavy atom. The number of rotatable bonds is 5. The van der Waals surface area contributed by atoms with E-state index < -0.39 is 17.8 Å². The first-order valence-electron chi connectivity index (χ1n) is 9.38. The van der Waals surface area contributed by atoms with Crippen molar-refractivity contribution in [1.29, 1.82) is 0 Å². The number of hydrogen-bond donors (Lipinski definition) is 0. The summed E-state index contributed by atoms with van der Waals surface area (Å²) in [4.78, 5) is 28.8. The molecule has 0 aromatic heterocycles. The third kappa shape index (κ3) is 4.53. The second-order valence-corrected chi connectivity index (χ2v) is 7.04. The first-order chi connectivity index (χ1) is 15.4. The molecule has 8 heteroatoms. The van der Waals surface area contributed by atoms with Crippen LogP contribution in [0.5, 0.6) is 11.5 Å². The van der Waals surface area contributed by atoms with Gasteiger partial charge in [0.15, 0.2) is 17.2 Å². The number of halogens is 2. The Bertz CT molecular complexity index is 1250. The number of esters is 2. The van der Waals surface area contributed by atoms with Gasteiger partial charge in [0, 0.05) is 5.56 Å². The molecular weight excluding hydrogens is 437 g/mol. The number of hydrogen-bond acceptors (Lipinski definition) is 6.